The molecule has 0 unspecified atom stereocenters. The number of piperazine rings is 1. The third-order valence-electron chi connectivity index (χ3n) is 4.51. The van der Waals surface area contributed by atoms with Gasteiger partial charge in [-0.2, -0.15) is 0 Å². The molecular formula is C19H25Cl2N3O2. The zero-order valence-electron chi connectivity index (χ0n) is 14.5. The van der Waals surface area contributed by atoms with Crippen molar-refractivity contribution in [1.82, 2.24) is 4.90 Å². The van der Waals surface area contributed by atoms with Crippen molar-refractivity contribution in [3.8, 4) is 5.75 Å². The van der Waals surface area contributed by atoms with E-state index in [0.717, 1.165) is 43.1 Å². The average molecular weight is 398 g/mol. The topological polar surface area (TPSA) is 69.8 Å². The molecule has 5 nitrogen and oxygen atoms in total. The number of phenols is 1. The number of hydrogen-bond donors (Lipinski definition) is 2. The van der Waals surface area contributed by atoms with E-state index in [1.165, 1.54) is 0 Å². The van der Waals surface area contributed by atoms with Crippen LogP contribution in [0.2, 0.25) is 0 Å². The van der Waals surface area contributed by atoms with Crippen molar-refractivity contribution in [2.75, 3.05) is 36.8 Å². The Labute approximate surface area is 166 Å². The molecule has 1 heterocycles. The Morgan fingerprint density at radius 3 is 2.19 bits per heavy atom. The number of hydrogen-bond acceptors (Lipinski definition) is 4. The number of aromatic hydroxyl groups is 1. The van der Waals surface area contributed by atoms with E-state index in [1.807, 2.05) is 41.3 Å². The molecule has 1 aliphatic rings. The summed E-state index contributed by atoms with van der Waals surface area (Å²) in [6.45, 7) is 3.07. The highest BCUT2D eigenvalue weighted by molar-refractivity contribution is 5.85. The maximum absolute atomic E-state index is 12.4. The average Bonchev–Trinajstić information content (AvgIpc) is 2.62. The second kappa shape index (κ2) is 10.1. The number of aryl methyl sites for hydroxylation is 1. The molecule has 1 saturated heterocycles. The van der Waals surface area contributed by atoms with Crippen molar-refractivity contribution in [1.29, 1.82) is 0 Å². The number of nitrogen functional groups attached to an aromatic ring is 1. The predicted molar refractivity (Wildman–Crippen MR) is 111 cm³/mol. The van der Waals surface area contributed by atoms with Crippen LogP contribution >= 0.6 is 24.8 Å². The molecule has 1 amide bonds. The van der Waals surface area contributed by atoms with Crippen molar-refractivity contribution in [3.63, 3.8) is 0 Å². The zero-order chi connectivity index (χ0) is 16.9. The van der Waals surface area contributed by atoms with E-state index in [9.17, 15) is 9.90 Å². The minimum atomic E-state index is 0. The standard InChI is InChI=1S/C19H23N3O2.2ClH/c20-18-4-2-1-3-15(18)5-10-19(24)22-13-11-21(12-14-22)16-6-8-17(23)9-7-16;;/h1-4,6-9,23H,5,10-14,20H2;2*1H. The van der Waals surface area contributed by atoms with Crippen LogP contribution in [-0.4, -0.2) is 42.1 Å². The van der Waals surface area contributed by atoms with E-state index in [4.69, 9.17) is 5.73 Å². The van der Waals surface area contributed by atoms with Gasteiger partial charge in [-0.15, -0.1) is 24.8 Å². The predicted octanol–water partition coefficient (Wildman–Crippen LogP) is 3.10. The lowest BCUT2D eigenvalue weighted by molar-refractivity contribution is -0.131. The van der Waals surface area contributed by atoms with Gasteiger partial charge >= 0.3 is 0 Å². The molecule has 0 spiro atoms. The van der Waals surface area contributed by atoms with Crippen LogP contribution in [0.25, 0.3) is 0 Å². The molecule has 0 saturated carbocycles. The number of para-hydroxylation sites is 1. The molecule has 26 heavy (non-hydrogen) atoms. The first kappa shape index (κ1) is 21.9. The molecule has 7 heteroatoms. The second-order valence-electron chi connectivity index (χ2n) is 6.08. The number of carbonyl (C=O) groups excluding carboxylic acids is 1. The Balaban J connectivity index is 0.00000169. The number of anilines is 2. The minimum Gasteiger partial charge on any atom is -0.508 e. The van der Waals surface area contributed by atoms with Gasteiger partial charge in [-0.1, -0.05) is 18.2 Å². The van der Waals surface area contributed by atoms with Gasteiger partial charge in [0.15, 0.2) is 0 Å². The molecular weight excluding hydrogens is 373 g/mol. The van der Waals surface area contributed by atoms with Gasteiger partial charge in [-0.3, -0.25) is 4.79 Å². The molecule has 1 fully saturated rings. The summed E-state index contributed by atoms with van der Waals surface area (Å²) >= 11 is 0. The molecule has 2 aromatic carbocycles. The smallest absolute Gasteiger partial charge is 0.223 e. The van der Waals surface area contributed by atoms with Gasteiger partial charge < -0.3 is 20.6 Å². The fraction of sp³-hybridized carbons (Fsp3) is 0.316. The summed E-state index contributed by atoms with van der Waals surface area (Å²) in [6, 6.07) is 14.9. The lowest BCUT2D eigenvalue weighted by Gasteiger charge is -2.36. The highest BCUT2D eigenvalue weighted by atomic mass is 35.5. The van der Waals surface area contributed by atoms with E-state index in [1.54, 1.807) is 12.1 Å². The summed E-state index contributed by atoms with van der Waals surface area (Å²) in [6.07, 6.45) is 1.18. The van der Waals surface area contributed by atoms with E-state index in [2.05, 4.69) is 4.90 Å². The fourth-order valence-electron chi connectivity index (χ4n) is 3.04. The van der Waals surface area contributed by atoms with E-state index < -0.39 is 0 Å². The molecule has 0 aliphatic carbocycles. The first-order valence-corrected chi connectivity index (χ1v) is 8.28. The normalized spacial score (nSPS) is 13.5. The molecule has 2 aromatic rings. The summed E-state index contributed by atoms with van der Waals surface area (Å²) in [4.78, 5) is 16.6. The number of nitrogens with two attached hydrogens (primary N) is 1. The van der Waals surface area contributed by atoms with Crippen LogP contribution in [0.15, 0.2) is 48.5 Å². The first-order chi connectivity index (χ1) is 11.6. The van der Waals surface area contributed by atoms with E-state index in [0.29, 0.717) is 12.8 Å². The van der Waals surface area contributed by atoms with Crippen LogP contribution in [0.3, 0.4) is 0 Å². The van der Waals surface area contributed by atoms with Crippen molar-refractivity contribution >= 4 is 42.1 Å². The third-order valence-corrected chi connectivity index (χ3v) is 4.51. The van der Waals surface area contributed by atoms with Gasteiger partial charge in [0.05, 0.1) is 0 Å². The number of benzene rings is 2. The molecule has 0 bridgehead atoms. The summed E-state index contributed by atoms with van der Waals surface area (Å²) in [7, 11) is 0. The highest BCUT2D eigenvalue weighted by Crippen LogP contribution is 2.20. The van der Waals surface area contributed by atoms with Gasteiger partial charge in [-0.25, -0.2) is 0 Å². The first-order valence-electron chi connectivity index (χ1n) is 8.28. The molecule has 3 rings (SSSR count). The second-order valence-corrected chi connectivity index (χ2v) is 6.08. The van der Waals surface area contributed by atoms with Crippen LogP contribution in [0, 0.1) is 0 Å². The zero-order valence-corrected chi connectivity index (χ0v) is 16.1. The number of phenolic OH excluding ortho intramolecular Hbond substituents is 1. The van der Waals surface area contributed by atoms with Crippen LogP contribution in [0.5, 0.6) is 5.75 Å². The Morgan fingerprint density at radius 2 is 1.58 bits per heavy atom. The monoisotopic (exact) mass is 397 g/mol. The molecule has 0 aromatic heterocycles. The largest absolute Gasteiger partial charge is 0.508 e. The third kappa shape index (κ3) is 5.44. The number of nitrogens with zero attached hydrogens (tertiary/aromatic N) is 2. The molecule has 0 atom stereocenters. The van der Waals surface area contributed by atoms with Crippen molar-refractivity contribution in [3.05, 3.63) is 54.1 Å². The van der Waals surface area contributed by atoms with Crippen LogP contribution in [0.4, 0.5) is 11.4 Å². The Morgan fingerprint density at radius 1 is 0.962 bits per heavy atom. The Bertz CT molecular complexity index is 702. The van der Waals surface area contributed by atoms with Crippen molar-refractivity contribution < 1.29 is 9.90 Å². The Hall–Kier alpha value is -2.11. The molecule has 142 valence electrons. The molecule has 0 radical (unpaired) electrons. The van der Waals surface area contributed by atoms with Gasteiger partial charge in [0, 0.05) is 44.0 Å². The lowest BCUT2D eigenvalue weighted by Crippen LogP contribution is -2.48. The number of halogens is 2. The highest BCUT2D eigenvalue weighted by Gasteiger charge is 2.21. The lowest BCUT2D eigenvalue weighted by atomic mass is 10.1. The summed E-state index contributed by atoms with van der Waals surface area (Å²) in [5.41, 5.74) is 8.80. The van der Waals surface area contributed by atoms with Gasteiger partial charge in [0.2, 0.25) is 5.91 Å². The SMILES string of the molecule is Cl.Cl.Nc1ccccc1CCC(=O)N1CCN(c2ccc(O)cc2)CC1. The van der Waals surface area contributed by atoms with Gasteiger partial charge in [-0.05, 0) is 42.3 Å². The van der Waals surface area contributed by atoms with E-state index in [-0.39, 0.29) is 36.5 Å². The number of amides is 1. The maximum Gasteiger partial charge on any atom is 0.223 e. The molecule has 1 aliphatic heterocycles. The van der Waals surface area contributed by atoms with Crippen molar-refractivity contribution in [2.24, 2.45) is 0 Å². The number of carbonyl (C=O) groups is 1. The van der Waals surface area contributed by atoms with Gasteiger partial charge in [0.25, 0.3) is 0 Å². The van der Waals surface area contributed by atoms with Crippen LogP contribution in [-0.2, 0) is 11.2 Å². The quantitative estimate of drug-likeness (QED) is 0.777. The summed E-state index contributed by atoms with van der Waals surface area (Å²) in [5.74, 6) is 0.455. The van der Waals surface area contributed by atoms with Crippen molar-refractivity contribution in [2.45, 2.75) is 12.8 Å². The Kier molecular flexibility index (Phi) is 8.55. The van der Waals surface area contributed by atoms with Crippen LogP contribution in [0.1, 0.15) is 12.0 Å². The molecule has 3 N–H and O–H groups in total. The van der Waals surface area contributed by atoms with E-state index >= 15 is 0 Å². The fourth-order valence-corrected chi connectivity index (χ4v) is 3.04. The van der Waals surface area contributed by atoms with Gasteiger partial charge in [0.1, 0.15) is 5.75 Å². The van der Waals surface area contributed by atoms with Crippen LogP contribution < -0.4 is 10.6 Å². The maximum atomic E-state index is 12.4. The number of rotatable bonds is 4. The summed E-state index contributed by atoms with van der Waals surface area (Å²) in [5, 5.41) is 9.36. The minimum absolute atomic E-state index is 0. The summed E-state index contributed by atoms with van der Waals surface area (Å²) < 4.78 is 0.